The van der Waals surface area contributed by atoms with Crippen LogP contribution in [-0.4, -0.2) is 40.8 Å². The summed E-state index contributed by atoms with van der Waals surface area (Å²) in [5.74, 6) is 0.109. The molecule has 1 aliphatic rings. The van der Waals surface area contributed by atoms with E-state index >= 15 is 0 Å². The van der Waals surface area contributed by atoms with E-state index in [2.05, 4.69) is 5.10 Å². The van der Waals surface area contributed by atoms with E-state index in [4.69, 9.17) is 16.3 Å². The SMILES string of the molecule is Cc1nn(C)c(Cl)c1CN(C)C(=O)[C@H]1CCOC1. The van der Waals surface area contributed by atoms with Crippen molar-refractivity contribution in [2.75, 3.05) is 20.3 Å². The first-order valence-corrected chi connectivity index (χ1v) is 6.39. The lowest BCUT2D eigenvalue weighted by atomic mass is 10.1. The minimum atomic E-state index is -0.00856. The minimum absolute atomic E-state index is 0.00856. The second kappa shape index (κ2) is 5.28. The molecule has 1 amide bonds. The van der Waals surface area contributed by atoms with Crippen LogP contribution in [0.25, 0.3) is 0 Å². The third-order valence-electron chi connectivity index (χ3n) is 3.32. The number of aromatic nitrogens is 2. The molecule has 18 heavy (non-hydrogen) atoms. The van der Waals surface area contributed by atoms with Gasteiger partial charge in [0, 0.05) is 26.3 Å². The standard InChI is InChI=1S/C12H18ClN3O2/c1-8-10(11(13)16(3)14-8)6-15(2)12(17)9-4-5-18-7-9/h9H,4-7H2,1-3H3/t9-/m0/s1. The number of hydrogen-bond donors (Lipinski definition) is 0. The van der Waals surface area contributed by atoms with Gasteiger partial charge in [0.25, 0.3) is 0 Å². The molecule has 100 valence electrons. The zero-order chi connectivity index (χ0) is 13.3. The molecule has 1 fully saturated rings. The van der Waals surface area contributed by atoms with E-state index in [1.54, 1.807) is 23.7 Å². The molecule has 1 aromatic rings. The lowest BCUT2D eigenvalue weighted by molar-refractivity contribution is -0.134. The van der Waals surface area contributed by atoms with Crippen LogP contribution in [0.2, 0.25) is 5.15 Å². The van der Waals surface area contributed by atoms with Gasteiger partial charge in [-0.25, -0.2) is 0 Å². The highest BCUT2D eigenvalue weighted by molar-refractivity contribution is 6.30. The van der Waals surface area contributed by atoms with E-state index in [1.807, 2.05) is 6.92 Å². The molecule has 0 radical (unpaired) electrons. The first-order chi connectivity index (χ1) is 8.50. The third-order valence-corrected chi connectivity index (χ3v) is 3.79. The number of amides is 1. The van der Waals surface area contributed by atoms with E-state index in [-0.39, 0.29) is 11.8 Å². The van der Waals surface area contributed by atoms with Crippen LogP contribution in [-0.2, 0) is 23.1 Å². The number of aryl methyl sites for hydroxylation is 2. The van der Waals surface area contributed by atoms with Crippen LogP contribution < -0.4 is 0 Å². The number of hydrogen-bond acceptors (Lipinski definition) is 3. The van der Waals surface area contributed by atoms with Crippen molar-refractivity contribution >= 4 is 17.5 Å². The Balaban J connectivity index is 2.06. The van der Waals surface area contributed by atoms with E-state index in [1.165, 1.54) is 0 Å². The molecule has 0 saturated carbocycles. The molecule has 2 heterocycles. The number of rotatable bonds is 3. The van der Waals surface area contributed by atoms with Crippen LogP contribution in [0.5, 0.6) is 0 Å². The number of halogens is 1. The van der Waals surface area contributed by atoms with E-state index < -0.39 is 0 Å². The summed E-state index contributed by atoms with van der Waals surface area (Å²) in [5.41, 5.74) is 1.78. The van der Waals surface area contributed by atoms with Crippen LogP contribution in [0, 0.1) is 12.8 Å². The highest BCUT2D eigenvalue weighted by Crippen LogP contribution is 2.22. The summed E-state index contributed by atoms with van der Waals surface area (Å²) in [7, 11) is 3.59. The normalized spacial score (nSPS) is 19.2. The Morgan fingerprint density at radius 3 is 2.89 bits per heavy atom. The van der Waals surface area contributed by atoms with Crippen molar-refractivity contribution in [2.24, 2.45) is 13.0 Å². The lowest BCUT2D eigenvalue weighted by Crippen LogP contribution is -2.32. The molecule has 0 aliphatic carbocycles. The van der Waals surface area contributed by atoms with Gasteiger partial charge in [-0.2, -0.15) is 5.10 Å². The quantitative estimate of drug-likeness (QED) is 0.834. The fourth-order valence-corrected chi connectivity index (χ4v) is 2.44. The molecule has 1 atom stereocenters. The van der Waals surface area contributed by atoms with Gasteiger partial charge in [0.2, 0.25) is 5.91 Å². The van der Waals surface area contributed by atoms with Crippen molar-refractivity contribution in [3.05, 3.63) is 16.4 Å². The molecule has 2 rings (SSSR count). The lowest BCUT2D eigenvalue weighted by Gasteiger charge is -2.20. The summed E-state index contributed by atoms with van der Waals surface area (Å²) in [6, 6.07) is 0. The van der Waals surface area contributed by atoms with Crippen molar-refractivity contribution in [3.63, 3.8) is 0 Å². The van der Waals surface area contributed by atoms with Gasteiger partial charge >= 0.3 is 0 Å². The fraction of sp³-hybridized carbons (Fsp3) is 0.667. The van der Waals surface area contributed by atoms with Crippen molar-refractivity contribution in [3.8, 4) is 0 Å². The largest absolute Gasteiger partial charge is 0.381 e. The Morgan fingerprint density at radius 2 is 2.39 bits per heavy atom. The predicted octanol–water partition coefficient (Wildman–Crippen LogP) is 1.38. The maximum Gasteiger partial charge on any atom is 0.228 e. The van der Waals surface area contributed by atoms with Crippen molar-refractivity contribution in [1.82, 2.24) is 14.7 Å². The number of carbonyl (C=O) groups is 1. The summed E-state index contributed by atoms with van der Waals surface area (Å²) < 4.78 is 6.87. The molecule has 0 spiro atoms. The number of ether oxygens (including phenoxy) is 1. The van der Waals surface area contributed by atoms with Crippen molar-refractivity contribution < 1.29 is 9.53 Å². The molecule has 5 nitrogen and oxygen atoms in total. The zero-order valence-corrected chi connectivity index (χ0v) is 11.7. The molecular formula is C12H18ClN3O2. The summed E-state index contributed by atoms with van der Waals surface area (Å²) in [4.78, 5) is 13.9. The molecular weight excluding hydrogens is 254 g/mol. The third kappa shape index (κ3) is 2.52. The summed E-state index contributed by atoms with van der Waals surface area (Å²) >= 11 is 6.16. The first kappa shape index (κ1) is 13.4. The predicted molar refractivity (Wildman–Crippen MR) is 68.4 cm³/mol. The van der Waals surface area contributed by atoms with E-state index in [0.717, 1.165) is 17.7 Å². The fourth-order valence-electron chi connectivity index (χ4n) is 2.21. The van der Waals surface area contributed by atoms with Crippen molar-refractivity contribution in [1.29, 1.82) is 0 Å². The van der Waals surface area contributed by atoms with Gasteiger partial charge in [0.05, 0.1) is 24.8 Å². The average Bonchev–Trinajstić information content (AvgIpc) is 2.93. The van der Waals surface area contributed by atoms with Crippen LogP contribution in [0.1, 0.15) is 17.7 Å². The molecule has 0 bridgehead atoms. The maximum absolute atomic E-state index is 12.2. The number of carbonyl (C=O) groups excluding carboxylic acids is 1. The molecule has 0 aromatic carbocycles. The summed E-state index contributed by atoms with van der Waals surface area (Å²) in [5, 5.41) is 4.84. The van der Waals surface area contributed by atoms with Gasteiger partial charge in [0.1, 0.15) is 5.15 Å². The Kier molecular flexibility index (Phi) is 3.92. The van der Waals surface area contributed by atoms with E-state index in [9.17, 15) is 4.79 Å². The molecule has 1 aliphatic heterocycles. The molecule has 1 saturated heterocycles. The van der Waals surface area contributed by atoms with Crippen LogP contribution >= 0.6 is 11.6 Å². The smallest absolute Gasteiger partial charge is 0.228 e. The first-order valence-electron chi connectivity index (χ1n) is 6.01. The second-order valence-electron chi connectivity index (χ2n) is 4.73. The van der Waals surface area contributed by atoms with Gasteiger partial charge < -0.3 is 9.64 Å². The molecule has 0 N–H and O–H groups in total. The van der Waals surface area contributed by atoms with Gasteiger partial charge in [0.15, 0.2) is 0 Å². The summed E-state index contributed by atoms with van der Waals surface area (Å²) in [6.07, 6.45) is 0.808. The zero-order valence-electron chi connectivity index (χ0n) is 10.9. The second-order valence-corrected chi connectivity index (χ2v) is 5.09. The Hall–Kier alpha value is -1.07. The Labute approximate surface area is 112 Å². The highest BCUT2D eigenvalue weighted by Gasteiger charge is 2.27. The molecule has 6 heteroatoms. The molecule has 0 unspecified atom stereocenters. The Bertz CT molecular complexity index is 452. The average molecular weight is 272 g/mol. The molecule has 1 aromatic heterocycles. The monoisotopic (exact) mass is 271 g/mol. The van der Waals surface area contributed by atoms with Crippen LogP contribution in [0.3, 0.4) is 0 Å². The topological polar surface area (TPSA) is 47.4 Å². The van der Waals surface area contributed by atoms with Gasteiger partial charge in [-0.1, -0.05) is 11.6 Å². The van der Waals surface area contributed by atoms with Crippen molar-refractivity contribution in [2.45, 2.75) is 19.9 Å². The van der Waals surface area contributed by atoms with Gasteiger partial charge in [-0.3, -0.25) is 9.48 Å². The van der Waals surface area contributed by atoms with Crippen LogP contribution in [0.15, 0.2) is 0 Å². The highest BCUT2D eigenvalue weighted by atomic mass is 35.5. The van der Waals surface area contributed by atoms with E-state index in [0.29, 0.717) is 24.9 Å². The van der Waals surface area contributed by atoms with Crippen LogP contribution in [0.4, 0.5) is 0 Å². The summed E-state index contributed by atoms with van der Waals surface area (Å²) in [6.45, 7) is 3.60. The number of nitrogens with zero attached hydrogens (tertiary/aromatic N) is 3. The van der Waals surface area contributed by atoms with Gasteiger partial charge in [-0.05, 0) is 13.3 Å². The Morgan fingerprint density at radius 1 is 1.67 bits per heavy atom. The minimum Gasteiger partial charge on any atom is -0.381 e. The maximum atomic E-state index is 12.2. The van der Waals surface area contributed by atoms with Gasteiger partial charge in [-0.15, -0.1) is 0 Å².